The van der Waals surface area contributed by atoms with Gasteiger partial charge in [-0.2, -0.15) is 0 Å². The summed E-state index contributed by atoms with van der Waals surface area (Å²) in [6.45, 7) is 0. The molecular weight excluding hydrogens is 308 g/mol. The zero-order valence-corrected chi connectivity index (χ0v) is 14.4. The lowest BCUT2D eigenvalue weighted by Gasteiger charge is -2.29. The van der Waals surface area contributed by atoms with Crippen LogP contribution in [-0.2, 0) is 6.42 Å². The highest BCUT2D eigenvalue weighted by atomic mass is 16.5. The maximum absolute atomic E-state index is 6.24. The standard InChI is InChI=1S/C19H22O5/c1-20-12-5-6-14(17(9-12)22-3)16-8-7-15-18(23-4)10-13(21-2)11-19(15)24-16/h5-6,9-11,16H,7-8H2,1-4H3. The van der Waals surface area contributed by atoms with Crippen LogP contribution in [0.1, 0.15) is 23.7 Å². The molecule has 0 amide bonds. The second kappa shape index (κ2) is 6.91. The van der Waals surface area contributed by atoms with Crippen molar-refractivity contribution in [2.45, 2.75) is 18.9 Å². The molecule has 0 saturated carbocycles. The van der Waals surface area contributed by atoms with Crippen LogP contribution in [0.15, 0.2) is 30.3 Å². The van der Waals surface area contributed by atoms with Crippen LogP contribution in [0.5, 0.6) is 28.7 Å². The van der Waals surface area contributed by atoms with E-state index in [1.807, 2.05) is 30.3 Å². The minimum Gasteiger partial charge on any atom is -0.497 e. The molecule has 0 aromatic heterocycles. The molecule has 5 nitrogen and oxygen atoms in total. The lowest BCUT2D eigenvalue weighted by Crippen LogP contribution is -2.16. The van der Waals surface area contributed by atoms with Gasteiger partial charge in [-0.15, -0.1) is 0 Å². The molecule has 5 heteroatoms. The van der Waals surface area contributed by atoms with Crippen molar-refractivity contribution in [3.63, 3.8) is 0 Å². The maximum Gasteiger partial charge on any atom is 0.130 e. The first-order valence-electron chi connectivity index (χ1n) is 7.83. The molecule has 0 radical (unpaired) electrons. The molecule has 0 fully saturated rings. The molecule has 2 aromatic carbocycles. The Morgan fingerprint density at radius 3 is 2.21 bits per heavy atom. The minimum atomic E-state index is -0.0878. The lowest BCUT2D eigenvalue weighted by atomic mass is 9.96. The van der Waals surface area contributed by atoms with Gasteiger partial charge in [-0.1, -0.05) is 0 Å². The van der Waals surface area contributed by atoms with Gasteiger partial charge in [-0.25, -0.2) is 0 Å². The van der Waals surface area contributed by atoms with Crippen molar-refractivity contribution in [2.24, 2.45) is 0 Å². The first-order valence-corrected chi connectivity index (χ1v) is 7.83. The number of methoxy groups -OCH3 is 4. The molecule has 3 rings (SSSR count). The molecule has 24 heavy (non-hydrogen) atoms. The van der Waals surface area contributed by atoms with Crippen molar-refractivity contribution >= 4 is 0 Å². The van der Waals surface area contributed by atoms with Crippen LogP contribution in [0.4, 0.5) is 0 Å². The minimum absolute atomic E-state index is 0.0878. The Morgan fingerprint density at radius 2 is 1.54 bits per heavy atom. The molecule has 0 spiro atoms. The average Bonchev–Trinajstić information content (AvgIpc) is 2.65. The molecule has 0 N–H and O–H groups in total. The largest absolute Gasteiger partial charge is 0.497 e. The monoisotopic (exact) mass is 330 g/mol. The van der Waals surface area contributed by atoms with Gasteiger partial charge in [-0.3, -0.25) is 0 Å². The summed E-state index contributed by atoms with van der Waals surface area (Å²) < 4.78 is 27.8. The zero-order valence-electron chi connectivity index (χ0n) is 14.4. The number of rotatable bonds is 5. The molecule has 1 heterocycles. The summed E-state index contributed by atoms with van der Waals surface area (Å²) in [5.41, 5.74) is 2.08. The maximum atomic E-state index is 6.24. The van der Waals surface area contributed by atoms with Crippen LogP contribution < -0.4 is 23.7 Å². The molecule has 1 aliphatic rings. The molecular formula is C19H22O5. The Bertz CT molecular complexity index is 726. The fourth-order valence-electron chi connectivity index (χ4n) is 3.04. The molecule has 0 aliphatic carbocycles. The number of benzene rings is 2. The summed E-state index contributed by atoms with van der Waals surface area (Å²) in [6, 6.07) is 9.57. The Labute approximate surface area is 142 Å². The van der Waals surface area contributed by atoms with E-state index in [1.165, 1.54) is 0 Å². The van der Waals surface area contributed by atoms with E-state index in [9.17, 15) is 0 Å². The third-order valence-corrected chi connectivity index (χ3v) is 4.31. The zero-order chi connectivity index (χ0) is 17.1. The first kappa shape index (κ1) is 16.3. The average molecular weight is 330 g/mol. The lowest BCUT2D eigenvalue weighted by molar-refractivity contribution is 0.169. The van der Waals surface area contributed by atoms with Gasteiger partial charge in [0.05, 0.1) is 28.4 Å². The van der Waals surface area contributed by atoms with Gasteiger partial charge < -0.3 is 23.7 Å². The third kappa shape index (κ3) is 2.94. The van der Waals surface area contributed by atoms with Crippen molar-refractivity contribution in [1.82, 2.24) is 0 Å². The van der Waals surface area contributed by atoms with Crippen LogP contribution in [0.3, 0.4) is 0 Å². The predicted molar refractivity (Wildman–Crippen MR) is 90.8 cm³/mol. The fraction of sp³-hybridized carbons (Fsp3) is 0.368. The molecule has 0 bridgehead atoms. The number of fused-ring (bicyclic) bond motifs is 1. The van der Waals surface area contributed by atoms with Gasteiger partial charge in [0.25, 0.3) is 0 Å². The Balaban J connectivity index is 1.95. The summed E-state index contributed by atoms with van der Waals surface area (Å²) in [6.07, 6.45) is 1.62. The van der Waals surface area contributed by atoms with E-state index < -0.39 is 0 Å². The van der Waals surface area contributed by atoms with Gasteiger partial charge in [0.2, 0.25) is 0 Å². The van der Waals surface area contributed by atoms with Crippen molar-refractivity contribution < 1.29 is 23.7 Å². The summed E-state index contributed by atoms with van der Waals surface area (Å²) in [5.74, 6) is 3.82. The molecule has 2 aromatic rings. The summed E-state index contributed by atoms with van der Waals surface area (Å²) in [7, 11) is 6.59. The van der Waals surface area contributed by atoms with E-state index in [1.54, 1.807) is 28.4 Å². The van der Waals surface area contributed by atoms with E-state index in [-0.39, 0.29) is 6.10 Å². The van der Waals surface area contributed by atoms with Gasteiger partial charge in [-0.05, 0) is 25.0 Å². The molecule has 0 saturated heterocycles. The second-order valence-corrected chi connectivity index (χ2v) is 5.56. The first-order chi connectivity index (χ1) is 11.7. The van der Waals surface area contributed by atoms with Gasteiger partial charge in [0, 0.05) is 29.3 Å². The van der Waals surface area contributed by atoms with E-state index >= 15 is 0 Å². The highest BCUT2D eigenvalue weighted by Gasteiger charge is 2.27. The van der Waals surface area contributed by atoms with Crippen molar-refractivity contribution in [3.8, 4) is 28.7 Å². The molecule has 1 aliphatic heterocycles. The van der Waals surface area contributed by atoms with Crippen LogP contribution in [-0.4, -0.2) is 28.4 Å². The van der Waals surface area contributed by atoms with E-state index in [0.717, 1.165) is 47.0 Å². The Kier molecular flexibility index (Phi) is 4.69. The van der Waals surface area contributed by atoms with Crippen molar-refractivity contribution in [1.29, 1.82) is 0 Å². The highest BCUT2D eigenvalue weighted by molar-refractivity contribution is 5.52. The fourth-order valence-corrected chi connectivity index (χ4v) is 3.04. The Morgan fingerprint density at radius 1 is 0.833 bits per heavy atom. The van der Waals surface area contributed by atoms with Crippen LogP contribution >= 0.6 is 0 Å². The molecule has 1 atom stereocenters. The number of hydrogen-bond donors (Lipinski definition) is 0. The molecule has 1 unspecified atom stereocenters. The summed E-state index contributed by atoms with van der Waals surface area (Å²) in [5, 5.41) is 0. The molecule has 128 valence electrons. The SMILES string of the molecule is COc1ccc(C2CCc3c(OC)cc(OC)cc3O2)c(OC)c1. The van der Waals surface area contributed by atoms with Crippen LogP contribution in [0, 0.1) is 0 Å². The van der Waals surface area contributed by atoms with E-state index in [2.05, 4.69) is 0 Å². The normalized spacial score (nSPS) is 15.9. The third-order valence-electron chi connectivity index (χ3n) is 4.31. The topological polar surface area (TPSA) is 46.2 Å². The Hall–Kier alpha value is -2.56. The van der Waals surface area contributed by atoms with Crippen LogP contribution in [0.25, 0.3) is 0 Å². The van der Waals surface area contributed by atoms with E-state index in [4.69, 9.17) is 23.7 Å². The number of hydrogen-bond acceptors (Lipinski definition) is 5. The second-order valence-electron chi connectivity index (χ2n) is 5.56. The van der Waals surface area contributed by atoms with Gasteiger partial charge in [0.1, 0.15) is 34.9 Å². The highest BCUT2D eigenvalue weighted by Crippen LogP contribution is 2.44. The smallest absolute Gasteiger partial charge is 0.130 e. The predicted octanol–water partition coefficient (Wildman–Crippen LogP) is 3.79. The summed E-state index contributed by atoms with van der Waals surface area (Å²) in [4.78, 5) is 0. The van der Waals surface area contributed by atoms with Gasteiger partial charge >= 0.3 is 0 Å². The van der Waals surface area contributed by atoms with Crippen molar-refractivity contribution in [3.05, 3.63) is 41.5 Å². The number of ether oxygens (including phenoxy) is 5. The van der Waals surface area contributed by atoms with Crippen LogP contribution in [0.2, 0.25) is 0 Å². The summed E-state index contributed by atoms with van der Waals surface area (Å²) >= 11 is 0. The van der Waals surface area contributed by atoms with Crippen molar-refractivity contribution in [2.75, 3.05) is 28.4 Å². The van der Waals surface area contributed by atoms with Gasteiger partial charge in [0.15, 0.2) is 0 Å². The quantitative estimate of drug-likeness (QED) is 0.835. The van der Waals surface area contributed by atoms with E-state index in [0.29, 0.717) is 5.75 Å².